The number of rotatable bonds is 2. The van der Waals surface area contributed by atoms with E-state index in [1.165, 1.54) is 31.5 Å². The Kier molecular flexibility index (Phi) is 5.49. The topological polar surface area (TPSA) is 26.8 Å². The van der Waals surface area contributed by atoms with Crippen molar-refractivity contribution in [3.63, 3.8) is 0 Å². The number of hydrogen-bond acceptors (Lipinski definition) is 3. The molecule has 0 saturated carbocycles. The third-order valence-electron chi connectivity index (χ3n) is 5.80. The van der Waals surface area contributed by atoms with Gasteiger partial charge in [-0.25, -0.2) is 0 Å². The van der Waals surface area contributed by atoms with E-state index in [9.17, 15) is 4.79 Å². The van der Waals surface area contributed by atoms with Crippen LogP contribution in [0.5, 0.6) is 0 Å². The molecule has 0 unspecified atom stereocenters. The van der Waals surface area contributed by atoms with Crippen LogP contribution in [0.25, 0.3) is 0 Å². The Morgan fingerprint density at radius 2 is 1.48 bits per heavy atom. The molecule has 0 radical (unpaired) electrons. The molecule has 2 saturated heterocycles. The third-order valence-corrected chi connectivity index (χ3v) is 5.80. The predicted molar refractivity (Wildman–Crippen MR) is 103 cm³/mol. The van der Waals surface area contributed by atoms with E-state index in [1.807, 2.05) is 17.0 Å². The summed E-state index contributed by atoms with van der Waals surface area (Å²) in [6.07, 6.45) is 2.53. The first kappa shape index (κ1) is 18.4. The highest BCUT2D eigenvalue weighted by molar-refractivity contribution is 5.94. The molecule has 138 valence electrons. The number of benzene rings is 1. The van der Waals surface area contributed by atoms with Crippen molar-refractivity contribution in [2.45, 2.75) is 45.1 Å². The van der Waals surface area contributed by atoms with E-state index in [2.05, 4.69) is 49.8 Å². The zero-order chi connectivity index (χ0) is 18.0. The maximum atomic E-state index is 12.8. The van der Waals surface area contributed by atoms with Crippen molar-refractivity contribution in [3.05, 3.63) is 35.4 Å². The number of carbonyl (C=O) groups is 1. The van der Waals surface area contributed by atoms with Crippen LogP contribution in [0, 0.1) is 0 Å². The molecule has 0 bridgehead atoms. The quantitative estimate of drug-likeness (QED) is 0.826. The summed E-state index contributed by atoms with van der Waals surface area (Å²) < 4.78 is 0. The fourth-order valence-corrected chi connectivity index (χ4v) is 3.95. The highest BCUT2D eigenvalue weighted by atomic mass is 16.2. The summed E-state index contributed by atoms with van der Waals surface area (Å²) in [5, 5.41) is 0. The van der Waals surface area contributed by atoms with Crippen LogP contribution in [0.3, 0.4) is 0 Å². The summed E-state index contributed by atoms with van der Waals surface area (Å²) >= 11 is 0. The second-order valence-corrected chi connectivity index (χ2v) is 8.69. The predicted octanol–water partition coefficient (Wildman–Crippen LogP) is 2.84. The molecule has 0 aromatic heterocycles. The van der Waals surface area contributed by atoms with Crippen molar-refractivity contribution < 1.29 is 4.79 Å². The van der Waals surface area contributed by atoms with Gasteiger partial charge in [0.05, 0.1) is 0 Å². The van der Waals surface area contributed by atoms with Crippen molar-refractivity contribution in [3.8, 4) is 0 Å². The van der Waals surface area contributed by atoms with E-state index in [0.717, 1.165) is 31.7 Å². The standard InChI is InChI=1S/C21H33N3O/c1-21(2,3)18-7-5-17(6-8-18)20(25)24-15-13-23(14-16-24)19-9-11-22(4)12-10-19/h5-8,19H,9-16H2,1-4H3. The number of carbonyl (C=O) groups excluding carboxylic acids is 1. The lowest BCUT2D eigenvalue weighted by Gasteiger charge is -2.42. The lowest BCUT2D eigenvalue weighted by Crippen LogP contribution is -2.54. The molecule has 2 aliphatic rings. The summed E-state index contributed by atoms with van der Waals surface area (Å²) in [5.41, 5.74) is 2.22. The highest BCUT2D eigenvalue weighted by Crippen LogP contribution is 2.23. The number of nitrogens with zero attached hydrogens (tertiary/aromatic N) is 3. The number of piperidine rings is 1. The number of piperazine rings is 1. The monoisotopic (exact) mass is 343 g/mol. The lowest BCUT2D eigenvalue weighted by molar-refractivity contribution is 0.0475. The Balaban J connectivity index is 1.54. The minimum atomic E-state index is 0.126. The van der Waals surface area contributed by atoms with Gasteiger partial charge in [0, 0.05) is 37.8 Å². The maximum absolute atomic E-state index is 12.8. The van der Waals surface area contributed by atoms with E-state index in [4.69, 9.17) is 0 Å². The molecule has 0 atom stereocenters. The molecule has 2 fully saturated rings. The SMILES string of the molecule is CN1CCC(N2CCN(C(=O)c3ccc(C(C)(C)C)cc3)CC2)CC1. The average Bonchev–Trinajstić information content (AvgIpc) is 2.61. The van der Waals surface area contributed by atoms with Gasteiger partial charge < -0.3 is 9.80 Å². The third kappa shape index (κ3) is 4.42. The summed E-state index contributed by atoms with van der Waals surface area (Å²) in [6.45, 7) is 12.7. The lowest BCUT2D eigenvalue weighted by atomic mass is 9.86. The molecule has 4 heteroatoms. The highest BCUT2D eigenvalue weighted by Gasteiger charge is 2.28. The molecular formula is C21H33N3O. The minimum Gasteiger partial charge on any atom is -0.336 e. The Hall–Kier alpha value is -1.39. The van der Waals surface area contributed by atoms with E-state index in [1.54, 1.807) is 0 Å². The van der Waals surface area contributed by atoms with Gasteiger partial charge in [-0.15, -0.1) is 0 Å². The van der Waals surface area contributed by atoms with Crippen LogP contribution in [0.4, 0.5) is 0 Å². The molecule has 1 aromatic carbocycles. The largest absolute Gasteiger partial charge is 0.336 e. The van der Waals surface area contributed by atoms with Crippen molar-refractivity contribution in [2.75, 3.05) is 46.3 Å². The first-order valence-electron chi connectivity index (χ1n) is 9.67. The summed E-state index contributed by atoms with van der Waals surface area (Å²) in [4.78, 5) is 19.8. The van der Waals surface area contributed by atoms with Gasteiger partial charge in [0.25, 0.3) is 5.91 Å². The molecule has 2 heterocycles. The Labute approximate surface area is 152 Å². The fraction of sp³-hybridized carbons (Fsp3) is 0.667. The fourth-order valence-electron chi connectivity index (χ4n) is 3.95. The molecule has 0 N–H and O–H groups in total. The van der Waals surface area contributed by atoms with Gasteiger partial charge in [-0.2, -0.15) is 0 Å². The molecule has 4 nitrogen and oxygen atoms in total. The van der Waals surface area contributed by atoms with Gasteiger partial charge in [0.1, 0.15) is 0 Å². The van der Waals surface area contributed by atoms with Crippen molar-refractivity contribution in [1.29, 1.82) is 0 Å². The Morgan fingerprint density at radius 1 is 0.920 bits per heavy atom. The van der Waals surface area contributed by atoms with E-state index in [0.29, 0.717) is 6.04 Å². The normalized spacial score (nSPS) is 21.5. The molecule has 25 heavy (non-hydrogen) atoms. The van der Waals surface area contributed by atoms with E-state index < -0.39 is 0 Å². The van der Waals surface area contributed by atoms with Crippen molar-refractivity contribution in [2.24, 2.45) is 0 Å². The van der Waals surface area contributed by atoms with Crippen LogP contribution in [0.2, 0.25) is 0 Å². The van der Waals surface area contributed by atoms with Crippen LogP contribution in [-0.2, 0) is 5.41 Å². The van der Waals surface area contributed by atoms with Crippen molar-refractivity contribution >= 4 is 5.91 Å². The van der Waals surface area contributed by atoms with Crippen LogP contribution in [0.1, 0.15) is 49.5 Å². The van der Waals surface area contributed by atoms with Gasteiger partial charge >= 0.3 is 0 Å². The van der Waals surface area contributed by atoms with Gasteiger partial charge in [0.2, 0.25) is 0 Å². The van der Waals surface area contributed by atoms with Crippen LogP contribution in [-0.4, -0.2) is 73.0 Å². The molecule has 3 rings (SSSR count). The minimum absolute atomic E-state index is 0.126. The molecule has 1 amide bonds. The van der Waals surface area contributed by atoms with Crippen LogP contribution in [0.15, 0.2) is 24.3 Å². The summed E-state index contributed by atoms with van der Waals surface area (Å²) in [6, 6.07) is 8.89. The van der Waals surface area contributed by atoms with Gasteiger partial charge in [-0.3, -0.25) is 9.69 Å². The number of amides is 1. The smallest absolute Gasteiger partial charge is 0.253 e. The average molecular weight is 344 g/mol. The first-order chi connectivity index (χ1) is 11.8. The number of likely N-dealkylation sites (tertiary alicyclic amines) is 1. The first-order valence-corrected chi connectivity index (χ1v) is 9.67. The van der Waals surface area contributed by atoms with Gasteiger partial charge in [-0.1, -0.05) is 32.9 Å². The van der Waals surface area contributed by atoms with Gasteiger partial charge in [-0.05, 0) is 56.1 Å². The zero-order valence-electron chi connectivity index (χ0n) is 16.3. The summed E-state index contributed by atoms with van der Waals surface area (Å²) in [5.74, 6) is 0.184. The molecule has 2 aliphatic heterocycles. The van der Waals surface area contributed by atoms with Crippen molar-refractivity contribution in [1.82, 2.24) is 14.7 Å². The number of hydrogen-bond donors (Lipinski definition) is 0. The van der Waals surface area contributed by atoms with Crippen LogP contribution < -0.4 is 0 Å². The molecule has 1 aromatic rings. The molecular weight excluding hydrogens is 310 g/mol. The molecule has 0 spiro atoms. The Bertz CT molecular complexity index is 574. The Morgan fingerprint density at radius 3 is 2.00 bits per heavy atom. The second kappa shape index (κ2) is 7.46. The van der Waals surface area contributed by atoms with Crippen LogP contribution >= 0.6 is 0 Å². The summed E-state index contributed by atoms with van der Waals surface area (Å²) in [7, 11) is 2.21. The van der Waals surface area contributed by atoms with E-state index in [-0.39, 0.29) is 11.3 Å². The second-order valence-electron chi connectivity index (χ2n) is 8.69. The maximum Gasteiger partial charge on any atom is 0.253 e. The zero-order valence-corrected chi connectivity index (χ0v) is 16.3. The van der Waals surface area contributed by atoms with Gasteiger partial charge in [0.15, 0.2) is 0 Å². The molecule has 0 aliphatic carbocycles. The van der Waals surface area contributed by atoms with E-state index >= 15 is 0 Å².